The van der Waals surface area contributed by atoms with Gasteiger partial charge in [-0.05, 0) is 42.7 Å². The first-order chi connectivity index (χ1) is 10.0. The van der Waals surface area contributed by atoms with Gasteiger partial charge in [-0.2, -0.15) is 0 Å². The van der Waals surface area contributed by atoms with Gasteiger partial charge in [0.05, 0.1) is 10.7 Å². The molecule has 2 aromatic carbocycles. The number of benzene rings is 2. The summed E-state index contributed by atoms with van der Waals surface area (Å²) in [6, 6.07) is 13.5. The summed E-state index contributed by atoms with van der Waals surface area (Å²) in [5, 5.41) is 3.89. The van der Waals surface area contributed by atoms with Crippen LogP contribution >= 0.6 is 11.6 Å². The normalized spacial score (nSPS) is 12.0. The maximum absolute atomic E-state index is 11.2. The number of anilines is 1. The van der Waals surface area contributed by atoms with Crippen LogP contribution < -0.4 is 11.1 Å². The number of amides is 1. The quantitative estimate of drug-likeness (QED) is 0.870. The largest absolute Gasteiger partial charge is 0.377 e. The number of nitrogens with two attached hydrogens (primary N) is 1. The van der Waals surface area contributed by atoms with Gasteiger partial charge in [0.1, 0.15) is 0 Å². The minimum atomic E-state index is -0.463. The van der Waals surface area contributed by atoms with Crippen LogP contribution in [0.15, 0.2) is 42.5 Å². The number of aryl methyl sites for hydroxylation is 1. The Kier molecular flexibility index (Phi) is 4.86. The lowest BCUT2D eigenvalue weighted by atomic mass is 10.0. The van der Waals surface area contributed by atoms with Crippen molar-refractivity contribution in [1.29, 1.82) is 0 Å². The van der Waals surface area contributed by atoms with Crippen molar-refractivity contribution < 1.29 is 4.79 Å². The third-order valence-electron chi connectivity index (χ3n) is 3.51. The van der Waals surface area contributed by atoms with Crippen LogP contribution in [0.1, 0.15) is 41.4 Å². The average Bonchev–Trinajstić information content (AvgIpc) is 2.49. The zero-order valence-corrected chi connectivity index (χ0v) is 12.9. The molecular formula is C17H19ClN2O. The van der Waals surface area contributed by atoms with E-state index in [1.54, 1.807) is 18.2 Å². The van der Waals surface area contributed by atoms with Crippen molar-refractivity contribution in [1.82, 2.24) is 0 Å². The first-order valence-electron chi connectivity index (χ1n) is 6.96. The number of carbonyl (C=O) groups excluding carboxylic acids is 1. The van der Waals surface area contributed by atoms with Gasteiger partial charge in [0, 0.05) is 11.6 Å². The summed E-state index contributed by atoms with van der Waals surface area (Å²) < 4.78 is 0. The smallest absolute Gasteiger partial charge is 0.248 e. The summed E-state index contributed by atoms with van der Waals surface area (Å²) in [7, 11) is 0. The van der Waals surface area contributed by atoms with Crippen LogP contribution in [0.25, 0.3) is 0 Å². The van der Waals surface area contributed by atoms with E-state index in [-0.39, 0.29) is 6.04 Å². The molecule has 0 bridgehead atoms. The summed E-state index contributed by atoms with van der Waals surface area (Å²) in [6.07, 6.45) is 1.02. The Morgan fingerprint density at radius 1 is 1.24 bits per heavy atom. The SMILES string of the molecule is CCc1ccc(C(C)Nc2cc(C(N)=O)ccc2Cl)cc1. The molecule has 0 saturated carbocycles. The lowest BCUT2D eigenvalue weighted by Crippen LogP contribution is -2.12. The monoisotopic (exact) mass is 302 g/mol. The minimum Gasteiger partial charge on any atom is -0.377 e. The molecule has 0 aromatic heterocycles. The van der Waals surface area contributed by atoms with E-state index in [0.29, 0.717) is 16.3 Å². The van der Waals surface area contributed by atoms with E-state index in [4.69, 9.17) is 17.3 Å². The van der Waals surface area contributed by atoms with E-state index in [2.05, 4.69) is 36.5 Å². The Morgan fingerprint density at radius 2 is 1.90 bits per heavy atom. The van der Waals surface area contributed by atoms with Crippen molar-refractivity contribution in [2.24, 2.45) is 5.73 Å². The average molecular weight is 303 g/mol. The zero-order chi connectivity index (χ0) is 15.4. The molecule has 2 aromatic rings. The molecule has 21 heavy (non-hydrogen) atoms. The van der Waals surface area contributed by atoms with Gasteiger partial charge in [-0.15, -0.1) is 0 Å². The molecule has 0 fully saturated rings. The van der Waals surface area contributed by atoms with E-state index >= 15 is 0 Å². The molecule has 0 aliphatic carbocycles. The van der Waals surface area contributed by atoms with E-state index in [9.17, 15) is 4.79 Å². The standard InChI is InChI=1S/C17H19ClN2O/c1-3-12-4-6-13(7-5-12)11(2)20-16-10-14(17(19)21)8-9-15(16)18/h4-11,20H,3H2,1-2H3,(H2,19,21). The lowest BCUT2D eigenvalue weighted by Gasteiger charge is -2.17. The highest BCUT2D eigenvalue weighted by Gasteiger charge is 2.10. The molecule has 1 amide bonds. The topological polar surface area (TPSA) is 55.1 Å². The second-order valence-corrected chi connectivity index (χ2v) is 5.43. The van der Waals surface area contributed by atoms with Gasteiger partial charge in [-0.25, -0.2) is 0 Å². The molecule has 0 aliphatic heterocycles. The van der Waals surface area contributed by atoms with E-state index in [1.165, 1.54) is 5.56 Å². The van der Waals surface area contributed by atoms with Crippen molar-refractivity contribution in [2.45, 2.75) is 26.3 Å². The van der Waals surface area contributed by atoms with E-state index in [0.717, 1.165) is 12.0 Å². The minimum absolute atomic E-state index is 0.0801. The van der Waals surface area contributed by atoms with Crippen molar-refractivity contribution in [3.05, 3.63) is 64.2 Å². The van der Waals surface area contributed by atoms with Gasteiger partial charge >= 0.3 is 0 Å². The third kappa shape index (κ3) is 3.76. The maximum Gasteiger partial charge on any atom is 0.248 e. The van der Waals surface area contributed by atoms with Crippen molar-refractivity contribution in [3.63, 3.8) is 0 Å². The molecule has 4 heteroatoms. The lowest BCUT2D eigenvalue weighted by molar-refractivity contribution is 0.100. The summed E-state index contributed by atoms with van der Waals surface area (Å²) in [5.74, 6) is -0.463. The van der Waals surface area contributed by atoms with Crippen LogP contribution in [0.2, 0.25) is 5.02 Å². The number of halogens is 1. The third-order valence-corrected chi connectivity index (χ3v) is 3.84. The molecule has 3 N–H and O–H groups in total. The number of hydrogen-bond donors (Lipinski definition) is 2. The number of nitrogens with one attached hydrogen (secondary N) is 1. The molecule has 2 rings (SSSR count). The van der Waals surface area contributed by atoms with Crippen LogP contribution in [0.5, 0.6) is 0 Å². The molecule has 1 atom stereocenters. The second kappa shape index (κ2) is 6.64. The molecule has 110 valence electrons. The fourth-order valence-electron chi connectivity index (χ4n) is 2.15. The number of primary amides is 1. The van der Waals surface area contributed by atoms with Crippen LogP contribution in [0, 0.1) is 0 Å². The Bertz CT molecular complexity index is 638. The van der Waals surface area contributed by atoms with Crippen LogP contribution in [0.4, 0.5) is 5.69 Å². The van der Waals surface area contributed by atoms with Gasteiger partial charge in [0.25, 0.3) is 0 Å². The van der Waals surface area contributed by atoms with Crippen molar-refractivity contribution in [2.75, 3.05) is 5.32 Å². The summed E-state index contributed by atoms with van der Waals surface area (Å²) in [6.45, 7) is 4.18. The first kappa shape index (κ1) is 15.4. The highest BCUT2D eigenvalue weighted by molar-refractivity contribution is 6.33. The number of hydrogen-bond acceptors (Lipinski definition) is 2. The second-order valence-electron chi connectivity index (χ2n) is 5.02. The van der Waals surface area contributed by atoms with Gasteiger partial charge in [-0.1, -0.05) is 42.8 Å². The maximum atomic E-state index is 11.2. The van der Waals surface area contributed by atoms with E-state index in [1.807, 2.05) is 6.92 Å². The fraction of sp³-hybridized carbons (Fsp3) is 0.235. The van der Waals surface area contributed by atoms with Crippen LogP contribution in [-0.2, 0) is 6.42 Å². The molecule has 0 radical (unpaired) electrons. The predicted octanol–water partition coefficient (Wildman–Crippen LogP) is 4.17. The molecule has 0 aliphatic rings. The van der Waals surface area contributed by atoms with Crippen molar-refractivity contribution >= 4 is 23.2 Å². The Balaban J connectivity index is 2.19. The molecule has 1 unspecified atom stereocenters. The molecule has 0 saturated heterocycles. The highest BCUT2D eigenvalue weighted by atomic mass is 35.5. The predicted molar refractivity (Wildman–Crippen MR) is 87.8 cm³/mol. The fourth-order valence-corrected chi connectivity index (χ4v) is 2.32. The molecule has 0 spiro atoms. The highest BCUT2D eigenvalue weighted by Crippen LogP contribution is 2.27. The number of carbonyl (C=O) groups is 1. The molecular weight excluding hydrogens is 284 g/mol. The Hall–Kier alpha value is -2.00. The van der Waals surface area contributed by atoms with Gasteiger partial charge in [-0.3, -0.25) is 4.79 Å². The molecule has 3 nitrogen and oxygen atoms in total. The Morgan fingerprint density at radius 3 is 2.48 bits per heavy atom. The summed E-state index contributed by atoms with van der Waals surface area (Å²) in [5.41, 5.74) is 8.91. The van der Waals surface area contributed by atoms with Crippen LogP contribution in [-0.4, -0.2) is 5.91 Å². The summed E-state index contributed by atoms with van der Waals surface area (Å²) >= 11 is 6.17. The Labute approximate surface area is 130 Å². The van der Waals surface area contributed by atoms with Gasteiger partial charge in [0.2, 0.25) is 5.91 Å². The van der Waals surface area contributed by atoms with Gasteiger partial charge < -0.3 is 11.1 Å². The summed E-state index contributed by atoms with van der Waals surface area (Å²) in [4.78, 5) is 11.2. The number of rotatable bonds is 5. The van der Waals surface area contributed by atoms with Crippen LogP contribution in [0.3, 0.4) is 0 Å². The van der Waals surface area contributed by atoms with Crippen molar-refractivity contribution in [3.8, 4) is 0 Å². The van der Waals surface area contributed by atoms with E-state index < -0.39 is 5.91 Å². The molecule has 0 heterocycles. The zero-order valence-electron chi connectivity index (χ0n) is 12.2. The van der Waals surface area contributed by atoms with Gasteiger partial charge in [0.15, 0.2) is 0 Å². The first-order valence-corrected chi connectivity index (χ1v) is 7.33.